The summed E-state index contributed by atoms with van der Waals surface area (Å²) in [7, 11) is 0. The van der Waals surface area contributed by atoms with Crippen molar-refractivity contribution in [1.82, 2.24) is 5.32 Å². The molecule has 0 spiro atoms. The van der Waals surface area contributed by atoms with E-state index in [4.69, 9.17) is 0 Å². The summed E-state index contributed by atoms with van der Waals surface area (Å²) in [4.78, 5) is 23.5. The predicted octanol–water partition coefficient (Wildman–Crippen LogP) is 3.40. The van der Waals surface area contributed by atoms with Gasteiger partial charge in [0.05, 0.1) is 6.54 Å². The summed E-state index contributed by atoms with van der Waals surface area (Å²) in [5.41, 5.74) is 2.64. The first kappa shape index (κ1) is 16.5. The molecule has 0 bridgehead atoms. The topological polar surface area (TPSA) is 70.2 Å². The van der Waals surface area contributed by atoms with E-state index in [-0.39, 0.29) is 12.5 Å². The molecule has 0 radical (unpaired) electrons. The number of hydrogen-bond donors (Lipinski definition) is 3. The van der Waals surface area contributed by atoms with Crippen molar-refractivity contribution in [3.05, 3.63) is 60.2 Å². The average Bonchev–Trinajstić information content (AvgIpc) is 2.56. The van der Waals surface area contributed by atoms with Crippen molar-refractivity contribution in [2.45, 2.75) is 19.8 Å². The van der Waals surface area contributed by atoms with Gasteiger partial charge in [-0.1, -0.05) is 43.7 Å². The highest BCUT2D eigenvalue weighted by atomic mass is 16.2. The van der Waals surface area contributed by atoms with Gasteiger partial charge >= 0.3 is 6.03 Å². The highest BCUT2D eigenvalue weighted by Gasteiger charge is 2.06. The Labute approximate surface area is 136 Å². The second-order valence-electron chi connectivity index (χ2n) is 5.17. The molecule has 0 saturated heterocycles. The van der Waals surface area contributed by atoms with E-state index in [0.717, 1.165) is 18.5 Å². The predicted molar refractivity (Wildman–Crippen MR) is 92.5 cm³/mol. The van der Waals surface area contributed by atoms with Crippen LogP contribution in [0.15, 0.2) is 54.6 Å². The highest BCUT2D eigenvalue weighted by Crippen LogP contribution is 2.10. The minimum Gasteiger partial charge on any atom is -0.329 e. The standard InChI is InChI=1S/C18H21N3O2/c1-2-6-14-9-11-16(12-10-14)20-17(22)13-19-18(23)21-15-7-4-3-5-8-15/h3-5,7-12H,2,6,13H2,1H3,(H,20,22)(H2,19,21,23). The maximum atomic E-state index is 11.8. The third kappa shape index (κ3) is 5.82. The van der Waals surface area contributed by atoms with E-state index in [1.165, 1.54) is 5.56 Å². The Morgan fingerprint density at radius 2 is 1.52 bits per heavy atom. The molecule has 3 N–H and O–H groups in total. The Bertz CT molecular complexity index is 639. The number of carbonyl (C=O) groups excluding carboxylic acids is 2. The lowest BCUT2D eigenvalue weighted by Gasteiger charge is -2.09. The van der Waals surface area contributed by atoms with Crippen LogP contribution < -0.4 is 16.0 Å². The summed E-state index contributed by atoms with van der Waals surface area (Å²) < 4.78 is 0. The van der Waals surface area contributed by atoms with Gasteiger partial charge in [-0.05, 0) is 36.2 Å². The minimum atomic E-state index is -0.412. The van der Waals surface area contributed by atoms with Crippen molar-refractivity contribution in [2.24, 2.45) is 0 Å². The monoisotopic (exact) mass is 311 g/mol. The van der Waals surface area contributed by atoms with Crippen LogP contribution in [-0.2, 0) is 11.2 Å². The van der Waals surface area contributed by atoms with Crippen LogP contribution in [0.3, 0.4) is 0 Å². The molecule has 2 rings (SSSR count). The van der Waals surface area contributed by atoms with Crippen LogP contribution in [0.1, 0.15) is 18.9 Å². The molecular weight excluding hydrogens is 290 g/mol. The third-order valence-electron chi connectivity index (χ3n) is 3.22. The van der Waals surface area contributed by atoms with Crippen molar-refractivity contribution >= 4 is 23.3 Å². The SMILES string of the molecule is CCCc1ccc(NC(=O)CNC(=O)Nc2ccccc2)cc1. The number of amides is 3. The Kier molecular flexibility index (Phi) is 6.17. The summed E-state index contributed by atoms with van der Waals surface area (Å²) in [5, 5.41) is 7.92. The second kappa shape index (κ2) is 8.58. The van der Waals surface area contributed by atoms with E-state index in [2.05, 4.69) is 22.9 Å². The average molecular weight is 311 g/mol. The van der Waals surface area contributed by atoms with Crippen LogP contribution in [0, 0.1) is 0 Å². The van der Waals surface area contributed by atoms with Crippen molar-refractivity contribution in [3.63, 3.8) is 0 Å². The zero-order valence-electron chi connectivity index (χ0n) is 13.1. The number of benzene rings is 2. The van der Waals surface area contributed by atoms with Gasteiger partial charge < -0.3 is 16.0 Å². The highest BCUT2D eigenvalue weighted by molar-refractivity contribution is 5.96. The molecule has 0 saturated carbocycles. The summed E-state index contributed by atoms with van der Waals surface area (Å²) >= 11 is 0. The fourth-order valence-corrected chi connectivity index (χ4v) is 2.11. The smallest absolute Gasteiger partial charge is 0.319 e. The van der Waals surface area contributed by atoms with E-state index >= 15 is 0 Å². The number of urea groups is 1. The van der Waals surface area contributed by atoms with E-state index < -0.39 is 6.03 Å². The van der Waals surface area contributed by atoms with E-state index in [0.29, 0.717) is 5.69 Å². The molecule has 0 heterocycles. The number of aryl methyl sites for hydroxylation is 1. The maximum absolute atomic E-state index is 11.8. The van der Waals surface area contributed by atoms with Crippen LogP contribution in [-0.4, -0.2) is 18.5 Å². The quantitative estimate of drug-likeness (QED) is 0.765. The van der Waals surface area contributed by atoms with Gasteiger partial charge in [-0.3, -0.25) is 4.79 Å². The first-order valence-electron chi connectivity index (χ1n) is 7.66. The van der Waals surface area contributed by atoms with Crippen molar-refractivity contribution in [3.8, 4) is 0 Å². The zero-order chi connectivity index (χ0) is 16.5. The molecule has 2 aromatic carbocycles. The number of para-hydroxylation sites is 1. The van der Waals surface area contributed by atoms with Crippen molar-refractivity contribution in [1.29, 1.82) is 0 Å². The zero-order valence-corrected chi connectivity index (χ0v) is 13.1. The van der Waals surface area contributed by atoms with Crippen LogP contribution in [0.5, 0.6) is 0 Å². The third-order valence-corrected chi connectivity index (χ3v) is 3.22. The van der Waals surface area contributed by atoms with Crippen molar-refractivity contribution < 1.29 is 9.59 Å². The summed E-state index contributed by atoms with van der Waals surface area (Å²) in [6.45, 7) is 2.04. The van der Waals surface area contributed by atoms with Crippen LogP contribution in [0.4, 0.5) is 16.2 Å². The molecule has 120 valence electrons. The number of rotatable bonds is 6. The van der Waals surface area contributed by atoms with Crippen molar-refractivity contribution in [2.75, 3.05) is 17.2 Å². The molecule has 3 amide bonds. The van der Waals surface area contributed by atoms with Gasteiger partial charge in [-0.25, -0.2) is 4.79 Å². The molecule has 0 aromatic heterocycles. The first-order chi connectivity index (χ1) is 11.2. The lowest BCUT2D eigenvalue weighted by Crippen LogP contribution is -2.35. The molecule has 5 nitrogen and oxygen atoms in total. The first-order valence-corrected chi connectivity index (χ1v) is 7.66. The Morgan fingerprint density at radius 3 is 2.17 bits per heavy atom. The van der Waals surface area contributed by atoms with Crippen LogP contribution >= 0.6 is 0 Å². The van der Waals surface area contributed by atoms with Gasteiger partial charge in [-0.15, -0.1) is 0 Å². The molecule has 0 aliphatic heterocycles. The van der Waals surface area contributed by atoms with Crippen LogP contribution in [0.2, 0.25) is 0 Å². The van der Waals surface area contributed by atoms with Crippen LogP contribution in [0.25, 0.3) is 0 Å². The molecule has 5 heteroatoms. The maximum Gasteiger partial charge on any atom is 0.319 e. The molecule has 0 aliphatic rings. The number of hydrogen-bond acceptors (Lipinski definition) is 2. The van der Waals surface area contributed by atoms with Gasteiger partial charge in [0.2, 0.25) is 5.91 Å². The van der Waals surface area contributed by atoms with E-state index in [9.17, 15) is 9.59 Å². The van der Waals surface area contributed by atoms with Gasteiger partial charge in [0.25, 0.3) is 0 Å². The Morgan fingerprint density at radius 1 is 0.870 bits per heavy atom. The Hall–Kier alpha value is -2.82. The number of nitrogens with one attached hydrogen (secondary N) is 3. The number of carbonyl (C=O) groups is 2. The lowest BCUT2D eigenvalue weighted by atomic mass is 10.1. The lowest BCUT2D eigenvalue weighted by molar-refractivity contribution is -0.115. The van der Waals surface area contributed by atoms with Gasteiger partial charge in [-0.2, -0.15) is 0 Å². The van der Waals surface area contributed by atoms with Gasteiger partial charge in [0, 0.05) is 11.4 Å². The van der Waals surface area contributed by atoms with Gasteiger partial charge in [0.15, 0.2) is 0 Å². The van der Waals surface area contributed by atoms with Gasteiger partial charge in [0.1, 0.15) is 0 Å². The van der Waals surface area contributed by atoms with E-state index in [1.54, 1.807) is 12.1 Å². The summed E-state index contributed by atoms with van der Waals surface area (Å²) in [6, 6.07) is 16.4. The normalized spacial score (nSPS) is 9.96. The number of anilines is 2. The summed E-state index contributed by atoms with van der Waals surface area (Å²) in [6.07, 6.45) is 2.11. The Balaban J connectivity index is 1.75. The second-order valence-corrected chi connectivity index (χ2v) is 5.17. The fraction of sp³-hybridized carbons (Fsp3) is 0.222. The summed E-state index contributed by atoms with van der Waals surface area (Å²) in [5.74, 6) is -0.267. The largest absolute Gasteiger partial charge is 0.329 e. The molecule has 2 aromatic rings. The van der Waals surface area contributed by atoms with E-state index in [1.807, 2.05) is 42.5 Å². The minimum absolute atomic E-state index is 0.0879. The molecule has 0 atom stereocenters. The molecule has 0 fully saturated rings. The molecule has 0 aliphatic carbocycles. The molecule has 23 heavy (non-hydrogen) atoms. The fourth-order valence-electron chi connectivity index (χ4n) is 2.11. The molecular formula is C18H21N3O2. The molecule has 0 unspecified atom stereocenters.